The number of carbonyl (C=O) groups excluding carboxylic acids is 3. The predicted octanol–water partition coefficient (Wildman–Crippen LogP) is 1.48. The molecule has 154 valence electrons. The van der Waals surface area contributed by atoms with Gasteiger partial charge in [-0.2, -0.15) is 0 Å². The molecule has 9 heteroatoms. The molecule has 9 nitrogen and oxygen atoms in total. The first-order valence-electron chi connectivity index (χ1n) is 8.64. The molecule has 1 aliphatic heterocycles. The van der Waals surface area contributed by atoms with Crippen LogP contribution in [0.25, 0.3) is 0 Å². The zero-order valence-electron chi connectivity index (χ0n) is 16.4. The van der Waals surface area contributed by atoms with Gasteiger partial charge >= 0.3 is 17.9 Å². The fourth-order valence-corrected chi connectivity index (χ4v) is 2.89. The lowest BCUT2D eigenvalue weighted by atomic mass is 9.98. The monoisotopic (exact) mass is 396 g/mol. The Morgan fingerprint density at radius 2 is 1.43 bits per heavy atom. The quantitative estimate of drug-likeness (QED) is 0.522. The van der Waals surface area contributed by atoms with Crippen LogP contribution in [0.4, 0.5) is 0 Å². The lowest BCUT2D eigenvalue weighted by molar-refractivity contribution is -0.291. The van der Waals surface area contributed by atoms with Crippen molar-refractivity contribution in [3.63, 3.8) is 0 Å². The van der Waals surface area contributed by atoms with Crippen molar-refractivity contribution in [2.75, 3.05) is 14.2 Å². The molecule has 0 saturated carbocycles. The Hall–Kier alpha value is -2.65. The number of methoxy groups -OCH3 is 2. The van der Waals surface area contributed by atoms with Crippen molar-refractivity contribution < 1.29 is 42.8 Å². The van der Waals surface area contributed by atoms with Crippen LogP contribution in [0.1, 0.15) is 31.1 Å². The largest absolute Gasteiger partial charge is 0.497 e. The first-order chi connectivity index (χ1) is 13.3. The highest BCUT2D eigenvalue weighted by atomic mass is 16.7. The average molecular weight is 396 g/mol. The van der Waals surface area contributed by atoms with Gasteiger partial charge in [-0.25, -0.2) is 4.79 Å². The smallest absolute Gasteiger partial charge is 0.338 e. The minimum absolute atomic E-state index is 0.271. The van der Waals surface area contributed by atoms with E-state index in [4.69, 9.17) is 28.4 Å². The molecule has 0 N–H and O–H groups in total. The summed E-state index contributed by atoms with van der Waals surface area (Å²) in [5.74, 6) is -1.32. The number of ether oxygens (including phenoxy) is 6. The molecule has 5 atom stereocenters. The first-order valence-corrected chi connectivity index (χ1v) is 8.64. The highest BCUT2D eigenvalue weighted by Gasteiger charge is 2.50. The van der Waals surface area contributed by atoms with E-state index in [2.05, 4.69) is 0 Å². The van der Waals surface area contributed by atoms with Gasteiger partial charge in [0.2, 0.25) is 0 Å². The van der Waals surface area contributed by atoms with E-state index in [1.54, 1.807) is 19.1 Å². The molecule has 2 rings (SSSR count). The van der Waals surface area contributed by atoms with Crippen LogP contribution in [0, 0.1) is 0 Å². The van der Waals surface area contributed by atoms with Crippen LogP contribution in [0.5, 0.6) is 5.75 Å². The summed E-state index contributed by atoms with van der Waals surface area (Å²) in [6, 6.07) is 6.31. The molecular formula is C19H24O9. The summed E-state index contributed by atoms with van der Waals surface area (Å²) in [4.78, 5) is 35.7. The Morgan fingerprint density at radius 3 is 1.93 bits per heavy atom. The number of carbonyl (C=O) groups is 3. The van der Waals surface area contributed by atoms with Crippen LogP contribution in [-0.4, -0.2) is 62.8 Å². The first kappa shape index (κ1) is 21.6. The Morgan fingerprint density at radius 1 is 0.857 bits per heavy atom. The van der Waals surface area contributed by atoms with E-state index in [1.807, 2.05) is 0 Å². The van der Waals surface area contributed by atoms with Crippen molar-refractivity contribution in [3.05, 3.63) is 29.8 Å². The molecule has 1 aliphatic rings. The molecule has 0 aliphatic carbocycles. The van der Waals surface area contributed by atoms with Gasteiger partial charge in [0.1, 0.15) is 5.75 Å². The van der Waals surface area contributed by atoms with Gasteiger partial charge in [0.25, 0.3) is 0 Å². The van der Waals surface area contributed by atoms with E-state index in [0.29, 0.717) is 5.75 Å². The van der Waals surface area contributed by atoms with E-state index in [-0.39, 0.29) is 5.56 Å². The maximum absolute atomic E-state index is 12.6. The van der Waals surface area contributed by atoms with E-state index < -0.39 is 48.6 Å². The van der Waals surface area contributed by atoms with E-state index in [9.17, 15) is 14.4 Å². The van der Waals surface area contributed by atoms with Gasteiger partial charge in [-0.05, 0) is 31.2 Å². The van der Waals surface area contributed by atoms with E-state index >= 15 is 0 Å². The summed E-state index contributed by atoms with van der Waals surface area (Å²) < 4.78 is 32.0. The summed E-state index contributed by atoms with van der Waals surface area (Å²) in [6.07, 6.45) is -4.90. The zero-order chi connectivity index (χ0) is 20.8. The third kappa shape index (κ3) is 5.20. The van der Waals surface area contributed by atoms with E-state index in [0.717, 1.165) is 0 Å². The highest BCUT2D eigenvalue weighted by molar-refractivity contribution is 5.89. The third-order valence-corrected chi connectivity index (χ3v) is 4.13. The lowest BCUT2D eigenvalue weighted by Gasteiger charge is -2.43. The van der Waals surface area contributed by atoms with Crippen molar-refractivity contribution in [2.24, 2.45) is 0 Å². The van der Waals surface area contributed by atoms with Crippen molar-refractivity contribution in [3.8, 4) is 5.75 Å². The predicted molar refractivity (Wildman–Crippen MR) is 94.6 cm³/mol. The van der Waals surface area contributed by atoms with Crippen LogP contribution in [0.15, 0.2) is 24.3 Å². The maximum atomic E-state index is 12.6. The van der Waals surface area contributed by atoms with Crippen LogP contribution in [0.3, 0.4) is 0 Å². The second-order valence-corrected chi connectivity index (χ2v) is 6.19. The molecule has 1 heterocycles. The third-order valence-electron chi connectivity index (χ3n) is 4.13. The van der Waals surface area contributed by atoms with Gasteiger partial charge in [-0.1, -0.05) is 0 Å². The molecule has 28 heavy (non-hydrogen) atoms. The highest BCUT2D eigenvalue weighted by Crippen LogP contribution is 2.29. The molecule has 0 amide bonds. The number of esters is 3. The van der Waals surface area contributed by atoms with Gasteiger partial charge in [0, 0.05) is 21.0 Å². The van der Waals surface area contributed by atoms with Gasteiger partial charge in [-0.15, -0.1) is 0 Å². The Labute approximate surface area is 162 Å². The second-order valence-electron chi connectivity index (χ2n) is 6.19. The molecule has 1 aromatic carbocycles. The molecule has 1 aromatic rings. The summed E-state index contributed by atoms with van der Waals surface area (Å²) in [6.45, 7) is 4.04. The topological polar surface area (TPSA) is 107 Å². The normalized spacial score (nSPS) is 26.8. The summed E-state index contributed by atoms with van der Waals surface area (Å²) in [5.41, 5.74) is 0.271. The van der Waals surface area contributed by atoms with Crippen molar-refractivity contribution in [2.45, 2.75) is 51.5 Å². The van der Waals surface area contributed by atoms with Crippen LogP contribution < -0.4 is 4.74 Å². The fourth-order valence-electron chi connectivity index (χ4n) is 2.89. The number of rotatable bonds is 6. The van der Waals surface area contributed by atoms with Crippen molar-refractivity contribution in [1.82, 2.24) is 0 Å². The number of hydrogen-bond donors (Lipinski definition) is 0. The number of benzene rings is 1. The standard InChI is InChI=1S/C19H24O9/c1-10-15(28-18(22)13-6-8-14(23-4)9-7-13)16(26-11(2)20)17(27-12(3)21)19(24-5)25-10/h6-10,15-17,19H,1-5H3/t10-,15+,16+,17-,19+/m1/s1. The molecular weight excluding hydrogens is 372 g/mol. The summed E-state index contributed by atoms with van der Waals surface area (Å²) in [7, 11) is 2.88. The minimum Gasteiger partial charge on any atom is -0.497 e. The molecule has 0 radical (unpaired) electrons. The lowest BCUT2D eigenvalue weighted by Crippen LogP contribution is -2.61. The van der Waals surface area contributed by atoms with Crippen LogP contribution >= 0.6 is 0 Å². The Balaban J connectivity index is 2.27. The van der Waals surface area contributed by atoms with Gasteiger partial charge in [0.05, 0.1) is 18.8 Å². The van der Waals surface area contributed by atoms with Crippen molar-refractivity contribution in [1.29, 1.82) is 0 Å². The molecule has 0 bridgehead atoms. The zero-order valence-corrected chi connectivity index (χ0v) is 16.4. The molecule has 0 unspecified atom stereocenters. The Bertz CT molecular complexity index is 700. The molecule has 0 spiro atoms. The minimum atomic E-state index is -1.10. The van der Waals surface area contributed by atoms with Crippen LogP contribution in [0.2, 0.25) is 0 Å². The maximum Gasteiger partial charge on any atom is 0.338 e. The van der Waals surface area contributed by atoms with Gasteiger partial charge < -0.3 is 28.4 Å². The van der Waals surface area contributed by atoms with Crippen molar-refractivity contribution >= 4 is 17.9 Å². The number of hydrogen-bond acceptors (Lipinski definition) is 9. The summed E-state index contributed by atoms with van der Waals surface area (Å²) in [5, 5.41) is 0. The molecule has 1 fully saturated rings. The SMILES string of the molecule is COc1ccc(C(=O)O[C@@H]2[C@H](OC(C)=O)[C@@H](OC(C)=O)[C@@H](OC)O[C@@H]2C)cc1. The second kappa shape index (κ2) is 9.52. The fraction of sp³-hybridized carbons (Fsp3) is 0.526. The van der Waals surface area contributed by atoms with Crippen LogP contribution in [-0.2, 0) is 33.3 Å². The summed E-state index contributed by atoms with van der Waals surface area (Å²) >= 11 is 0. The van der Waals surface area contributed by atoms with E-state index in [1.165, 1.54) is 40.2 Å². The average Bonchev–Trinajstić information content (AvgIpc) is 2.65. The molecule has 1 saturated heterocycles. The van der Waals surface area contributed by atoms with Gasteiger partial charge in [-0.3, -0.25) is 9.59 Å². The molecule has 0 aromatic heterocycles. The Kier molecular flexibility index (Phi) is 7.36. The van der Waals surface area contributed by atoms with Gasteiger partial charge in [0.15, 0.2) is 24.6 Å².